The standard InChI is InChI=1S/C16H23N3O3/c1-11(2)15-17-14(18-22-15)12-5-3-7-19(9-12)16(20)13-6-4-8-21-10-13/h10-12H,3-9H2,1-2H3/t12-/m1/s1. The summed E-state index contributed by atoms with van der Waals surface area (Å²) in [6, 6.07) is 0. The molecule has 120 valence electrons. The summed E-state index contributed by atoms with van der Waals surface area (Å²) in [5, 5.41) is 4.10. The second-order valence-corrected chi connectivity index (χ2v) is 6.35. The molecule has 0 N–H and O–H groups in total. The maximum absolute atomic E-state index is 12.6. The van der Waals surface area contributed by atoms with Crippen molar-refractivity contribution in [1.29, 1.82) is 0 Å². The number of piperidine rings is 1. The second kappa shape index (κ2) is 6.50. The summed E-state index contributed by atoms with van der Waals surface area (Å²) < 4.78 is 10.6. The Morgan fingerprint density at radius 2 is 2.27 bits per heavy atom. The van der Waals surface area contributed by atoms with Crippen molar-refractivity contribution in [2.45, 2.75) is 51.4 Å². The number of hydrogen-bond acceptors (Lipinski definition) is 5. The largest absolute Gasteiger partial charge is 0.501 e. The van der Waals surface area contributed by atoms with Crippen LogP contribution in [0.1, 0.15) is 63.1 Å². The first kappa shape index (κ1) is 15.1. The predicted octanol–water partition coefficient (Wildman–Crippen LogP) is 2.59. The molecule has 0 bridgehead atoms. The average Bonchev–Trinajstić information content (AvgIpc) is 3.05. The van der Waals surface area contributed by atoms with E-state index in [-0.39, 0.29) is 17.7 Å². The Morgan fingerprint density at radius 3 is 2.95 bits per heavy atom. The summed E-state index contributed by atoms with van der Waals surface area (Å²) in [5.74, 6) is 1.89. The fraction of sp³-hybridized carbons (Fsp3) is 0.688. The van der Waals surface area contributed by atoms with E-state index in [2.05, 4.69) is 10.1 Å². The zero-order valence-electron chi connectivity index (χ0n) is 13.2. The van der Waals surface area contributed by atoms with Crippen LogP contribution in [0, 0.1) is 0 Å². The molecule has 2 aliphatic heterocycles. The second-order valence-electron chi connectivity index (χ2n) is 6.35. The number of carbonyl (C=O) groups is 1. The summed E-state index contributed by atoms with van der Waals surface area (Å²) in [6.07, 6.45) is 5.31. The Kier molecular flexibility index (Phi) is 4.45. The smallest absolute Gasteiger partial charge is 0.252 e. The number of amides is 1. The maximum atomic E-state index is 12.6. The van der Waals surface area contributed by atoms with Crippen molar-refractivity contribution in [2.75, 3.05) is 19.7 Å². The lowest BCUT2D eigenvalue weighted by Crippen LogP contribution is -2.40. The highest BCUT2D eigenvalue weighted by atomic mass is 16.5. The van der Waals surface area contributed by atoms with Crippen molar-refractivity contribution in [1.82, 2.24) is 15.0 Å². The SMILES string of the molecule is CC(C)c1nc([C@@H]2CCCN(C(=O)C3=COCCC3)C2)no1. The Morgan fingerprint density at radius 1 is 1.41 bits per heavy atom. The molecule has 1 aromatic heterocycles. The van der Waals surface area contributed by atoms with Gasteiger partial charge in [0.1, 0.15) is 0 Å². The molecule has 22 heavy (non-hydrogen) atoms. The Hall–Kier alpha value is -1.85. The summed E-state index contributed by atoms with van der Waals surface area (Å²) in [4.78, 5) is 18.9. The molecule has 1 saturated heterocycles. The van der Waals surface area contributed by atoms with E-state index < -0.39 is 0 Å². The van der Waals surface area contributed by atoms with Crippen LogP contribution in [0.2, 0.25) is 0 Å². The molecule has 1 atom stereocenters. The van der Waals surface area contributed by atoms with Crippen LogP contribution in [0.15, 0.2) is 16.4 Å². The van der Waals surface area contributed by atoms with Crippen molar-refractivity contribution in [3.63, 3.8) is 0 Å². The van der Waals surface area contributed by atoms with Gasteiger partial charge in [0.15, 0.2) is 5.82 Å². The minimum absolute atomic E-state index is 0.0944. The minimum Gasteiger partial charge on any atom is -0.501 e. The van der Waals surface area contributed by atoms with E-state index in [1.807, 2.05) is 18.7 Å². The van der Waals surface area contributed by atoms with E-state index in [9.17, 15) is 4.79 Å². The molecule has 0 saturated carbocycles. The zero-order chi connectivity index (χ0) is 15.5. The van der Waals surface area contributed by atoms with Gasteiger partial charge in [-0.05, 0) is 25.7 Å². The monoisotopic (exact) mass is 305 g/mol. The van der Waals surface area contributed by atoms with Crippen LogP contribution in [0.3, 0.4) is 0 Å². The average molecular weight is 305 g/mol. The molecule has 0 aromatic carbocycles. The van der Waals surface area contributed by atoms with Crippen LogP contribution < -0.4 is 0 Å². The molecule has 0 spiro atoms. The summed E-state index contributed by atoms with van der Waals surface area (Å²) in [6.45, 7) is 6.22. The lowest BCUT2D eigenvalue weighted by molar-refractivity contribution is -0.128. The first-order chi connectivity index (χ1) is 10.6. The predicted molar refractivity (Wildman–Crippen MR) is 80.2 cm³/mol. The van der Waals surface area contributed by atoms with Crippen molar-refractivity contribution in [3.8, 4) is 0 Å². The van der Waals surface area contributed by atoms with E-state index in [1.165, 1.54) is 0 Å². The van der Waals surface area contributed by atoms with Gasteiger partial charge in [-0.1, -0.05) is 19.0 Å². The van der Waals surface area contributed by atoms with Gasteiger partial charge in [-0.3, -0.25) is 4.79 Å². The molecule has 0 aliphatic carbocycles. The number of nitrogens with zero attached hydrogens (tertiary/aromatic N) is 3. The molecule has 2 aliphatic rings. The van der Waals surface area contributed by atoms with Gasteiger partial charge in [0.2, 0.25) is 5.89 Å². The van der Waals surface area contributed by atoms with Gasteiger partial charge >= 0.3 is 0 Å². The molecule has 1 aromatic rings. The summed E-state index contributed by atoms with van der Waals surface area (Å²) in [5.41, 5.74) is 0.780. The van der Waals surface area contributed by atoms with Crippen LogP contribution in [-0.2, 0) is 9.53 Å². The highest BCUT2D eigenvalue weighted by Gasteiger charge is 2.30. The number of hydrogen-bond donors (Lipinski definition) is 0. The third-order valence-electron chi connectivity index (χ3n) is 4.23. The minimum atomic E-state index is 0.0944. The topological polar surface area (TPSA) is 68.5 Å². The Balaban J connectivity index is 1.68. The number of carbonyl (C=O) groups excluding carboxylic acids is 1. The van der Waals surface area contributed by atoms with Crippen molar-refractivity contribution >= 4 is 5.91 Å². The number of rotatable bonds is 3. The van der Waals surface area contributed by atoms with Gasteiger partial charge in [-0.15, -0.1) is 0 Å². The van der Waals surface area contributed by atoms with Gasteiger partial charge in [-0.25, -0.2) is 0 Å². The molecule has 0 radical (unpaired) electrons. The first-order valence-corrected chi connectivity index (χ1v) is 8.08. The lowest BCUT2D eigenvalue weighted by atomic mass is 9.96. The van der Waals surface area contributed by atoms with Crippen molar-refractivity contribution in [3.05, 3.63) is 23.6 Å². The Labute approximate surface area is 130 Å². The van der Waals surface area contributed by atoms with Crippen LogP contribution in [0.5, 0.6) is 0 Å². The van der Waals surface area contributed by atoms with Crippen LogP contribution in [0.25, 0.3) is 0 Å². The van der Waals surface area contributed by atoms with Gasteiger partial charge in [-0.2, -0.15) is 4.98 Å². The molecule has 3 rings (SSSR count). The van der Waals surface area contributed by atoms with E-state index in [0.717, 1.165) is 43.6 Å². The maximum Gasteiger partial charge on any atom is 0.252 e. The number of aromatic nitrogens is 2. The first-order valence-electron chi connectivity index (χ1n) is 8.08. The van der Waals surface area contributed by atoms with E-state index in [1.54, 1.807) is 6.26 Å². The van der Waals surface area contributed by atoms with Crippen molar-refractivity contribution < 1.29 is 14.1 Å². The number of ether oxygens (including phenoxy) is 1. The normalized spacial score (nSPS) is 22.4. The molecule has 6 nitrogen and oxygen atoms in total. The van der Waals surface area contributed by atoms with Gasteiger partial charge < -0.3 is 14.2 Å². The third kappa shape index (κ3) is 3.15. The van der Waals surface area contributed by atoms with Gasteiger partial charge in [0.25, 0.3) is 5.91 Å². The highest BCUT2D eigenvalue weighted by molar-refractivity contribution is 5.93. The quantitative estimate of drug-likeness (QED) is 0.858. The van der Waals surface area contributed by atoms with Gasteiger partial charge in [0.05, 0.1) is 18.4 Å². The molecule has 1 fully saturated rings. The third-order valence-corrected chi connectivity index (χ3v) is 4.23. The lowest BCUT2D eigenvalue weighted by Gasteiger charge is -2.32. The molecular weight excluding hydrogens is 282 g/mol. The number of likely N-dealkylation sites (tertiary alicyclic amines) is 1. The zero-order valence-corrected chi connectivity index (χ0v) is 13.2. The molecule has 0 unspecified atom stereocenters. The van der Waals surface area contributed by atoms with E-state index in [0.29, 0.717) is 19.0 Å². The van der Waals surface area contributed by atoms with E-state index >= 15 is 0 Å². The summed E-state index contributed by atoms with van der Waals surface area (Å²) in [7, 11) is 0. The fourth-order valence-electron chi connectivity index (χ4n) is 2.94. The highest BCUT2D eigenvalue weighted by Crippen LogP contribution is 2.27. The fourth-order valence-corrected chi connectivity index (χ4v) is 2.94. The van der Waals surface area contributed by atoms with Crippen LogP contribution >= 0.6 is 0 Å². The van der Waals surface area contributed by atoms with Crippen molar-refractivity contribution in [2.24, 2.45) is 0 Å². The van der Waals surface area contributed by atoms with Crippen LogP contribution in [0.4, 0.5) is 0 Å². The Bertz CT molecular complexity index is 565. The summed E-state index contributed by atoms with van der Waals surface area (Å²) >= 11 is 0. The molecule has 3 heterocycles. The van der Waals surface area contributed by atoms with E-state index in [4.69, 9.17) is 9.26 Å². The van der Waals surface area contributed by atoms with Gasteiger partial charge in [0, 0.05) is 24.9 Å². The molecular formula is C16H23N3O3. The molecule has 1 amide bonds. The van der Waals surface area contributed by atoms with Crippen LogP contribution in [-0.4, -0.2) is 40.6 Å². The molecule has 6 heteroatoms.